The Hall–Kier alpha value is -0.260. The molecule has 0 saturated carbocycles. The van der Waals surface area contributed by atoms with E-state index in [0.717, 1.165) is 6.42 Å². The van der Waals surface area contributed by atoms with Gasteiger partial charge in [0.1, 0.15) is 0 Å². The molecule has 0 aliphatic rings. The lowest BCUT2D eigenvalue weighted by Gasteiger charge is -2.41. The van der Waals surface area contributed by atoms with Gasteiger partial charge in [0, 0.05) is 0 Å². The van der Waals surface area contributed by atoms with E-state index in [4.69, 9.17) is 0 Å². The fraction of sp³-hybridized carbons (Fsp3) is 0.833. The summed E-state index contributed by atoms with van der Waals surface area (Å²) in [6.45, 7) is 17.7. The van der Waals surface area contributed by atoms with Crippen molar-refractivity contribution < 1.29 is 0 Å². The summed E-state index contributed by atoms with van der Waals surface area (Å²) in [5, 5.41) is 0. The molecular weight excluding hydrogens is 144 g/mol. The Bertz CT molecular complexity index is 161. The summed E-state index contributed by atoms with van der Waals surface area (Å²) in [6, 6.07) is 0. The predicted molar refractivity (Wildman–Crippen MR) is 57.3 cm³/mol. The predicted octanol–water partition coefficient (Wildman–Crippen LogP) is 4.42. The van der Waals surface area contributed by atoms with E-state index in [0.29, 0.717) is 10.8 Å². The Morgan fingerprint density at radius 1 is 1.08 bits per heavy atom. The third-order valence-electron chi connectivity index (χ3n) is 3.46. The lowest BCUT2D eigenvalue weighted by atomic mass is 9.64. The Morgan fingerprint density at radius 3 is 1.75 bits per heavy atom. The van der Waals surface area contributed by atoms with Crippen molar-refractivity contribution in [3.8, 4) is 0 Å². The van der Waals surface area contributed by atoms with Crippen LogP contribution in [-0.2, 0) is 0 Å². The average molecular weight is 168 g/mol. The second-order valence-electron chi connectivity index (χ2n) is 5.26. The summed E-state index contributed by atoms with van der Waals surface area (Å²) in [6.07, 6.45) is 2.36. The quantitative estimate of drug-likeness (QED) is 0.545. The first-order valence-corrected chi connectivity index (χ1v) is 4.87. The molecule has 0 bridgehead atoms. The van der Waals surface area contributed by atoms with Crippen LogP contribution in [0.25, 0.3) is 0 Å². The molecule has 0 spiro atoms. The van der Waals surface area contributed by atoms with E-state index in [2.05, 4.69) is 48.1 Å². The minimum Gasteiger partial charge on any atom is -0.100 e. The molecule has 72 valence electrons. The molecule has 0 rings (SSSR count). The van der Waals surface area contributed by atoms with E-state index < -0.39 is 0 Å². The van der Waals surface area contributed by atoms with Crippen molar-refractivity contribution in [3.63, 3.8) is 0 Å². The van der Waals surface area contributed by atoms with Gasteiger partial charge in [-0.25, -0.2) is 0 Å². The van der Waals surface area contributed by atoms with Crippen LogP contribution in [0.4, 0.5) is 0 Å². The third-order valence-corrected chi connectivity index (χ3v) is 3.46. The molecule has 0 aliphatic heterocycles. The van der Waals surface area contributed by atoms with Gasteiger partial charge >= 0.3 is 0 Å². The minimum atomic E-state index is 0.369. The van der Waals surface area contributed by atoms with Crippen molar-refractivity contribution in [2.24, 2.45) is 10.8 Å². The summed E-state index contributed by atoms with van der Waals surface area (Å²) in [4.78, 5) is 0. The SMILES string of the molecule is C=C(C)CC(C)(C)C(C)(C)CC. The first-order chi connectivity index (χ1) is 5.23. The summed E-state index contributed by atoms with van der Waals surface area (Å²) in [5.41, 5.74) is 2.07. The van der Waals surface area contributed by atoms with Gasteiger partial charge in [-0.3, -0.25) is 0 Å². The largest absolute Gasteiger partial charge is 0.100 e. The normalized spacial score (nSPS) is 13.2. The first kappa shape index (κ1) is 11.7. The van der Waals surface area contributed by atoms with Gasteiger partial charge in [-0.15, -0.1) is 6.58 Å². The molecule has 0 atom stereocenters. The maximum Gasteiger partial charge on any atom is -0.0266 e. The molecule has 0 saturated heterocycles. The van der Waals surface area contributed by atoms with Crippen LogP contribution in [0.3, 0.4) is 0 Å². The third kappa shape index (κ3) is 2.66. The summed E-state index contributed by atoms with van der Waals surface area (Å²) in [7, 11) is 0. The Labute approximate surface area is 78.1 Å². The van der Waals surface area contributed by atoms with Crippen molar-refractivity contribution in [2.45, 2.75) is 54.4 Å². The molecular formula is C12H24. The van der Waals surface area contributed by atoms with Gasteiger partial charge in [-0.1, -0.05) is 46.6 Å². The summed E-state index contributed by atoms with van der Waals surface area (Å²) >= 11 is 0. The molecule has 0 nitrogen and oxygen atoms in total. The van der Waals surface area contributed by atoms with Gasteiger partial charge < -0.3 is 0 Å². The Kier molecular flexibility index (Phi) is 3.56. The molecule has 0 unspecified atom stereocenters. The van der Waals surface area contributed by atoms with Crippen molar-refractivity contribution in [1.82, 2.24) is 0 Å². The topological polar surface area (TPSA) is 0 Å². The van der Waals surface area contributed by atoms with Crippen LogP contribution in [0.2, 0.25) is 0 Å². The smallest absolute Gasteiger partial charge is 0.0266 e. The van der Waals surface area contributed by atoms with Gasteiger partial charge in [0.2, 0.25) is 0 Å². The lowest BCUT2D eigenvalue weighted by Crippen LogP contribution is -2.31. The number of allylic oxidation sites excluding steroid dienone is 1. The number of hydrogen-bond acceptors (Lipinski definition) is 0. The first-order valence-electron chi connectivity index (χ1n) is 4.87. The highest BCUT2D eigenvalue weighted by Gasteiger charge is 2.34. The fourth-order valence-electron chi connectivity index (χ4n) is 1.47. The second kappa shape index (κ2) is 3.64. The maximum atomic E-state index is 3.99. The highest BCUT2D eigenvalue weighted by atomic mass is 14.4. The zero-order valence-electron chi connectivity index (χ0n) is 9.62. The van der Waals surface area contributed by atoms with E-state index >= 15 is 0 Å². The molecule has 12 heavy (non-hydrogen) atoms. The zero-order valence-corrected chi connectivity index (χ0v) is 9.62. The monoisotopic (exact) mass is 168 g/mol. The zero-order chi connectivity index (χ0) is 9.99. The van der Waals surface area contributed by atoms with Crippen LogP contribution in [0, 0.1) is 10.8 Å². The van der Waals surface area contributed by atoms with E-state index in [1.54, 1.807) is 0 Å². The molecule has 0 heterocycles. The van der Waals surface area contributed by atoms with Crippen LogP contribution >= 0.6 is 0 Å². The van der Waals surface area contributed by atoms with Crippen molar-refractivity contribution in [2.75, 3.05) is 0 Å². The highest BCUT2D eigenvalue weighted by Crippen LogP contribution is 2.44. The van der Waals surface area contributed by atoms with E-state index in [1.165, 1.54) is 12.0 Å². The Morgan fingerprint density at radius 2 is 1.50 bits per heavy atom. The fourth-order valence-corrected chi connectivity index (χ4v) is 1.47. The van der Waals surface area contributed by atoms with Gasteiger partial charge in [0.15, 0.2) is 0 Å². The highest BCUT2D eigenvalue weighted by molar-refractivity contribution is 4.98. The molecule has 0 aliphatic carbocycles. The van der Waals surface area contributed by atoms with Crippen LogP contribution in [0.1, 0.15) is 54.4 Å². The molecule has 0 aromatic rings. The van der Waals surface area contributed by atoms with E-state index in [1.807, 2.05) is 0 Å². The van der Waals surface area contributed by atoms with Gasteiger partial charge in [0.05, 0.1) is 0 Å². The summed E-state index contributed by atoms with van der Waals surface area (Å²) < 4.78 is 0. The summed E-state index contributed by atoms with van der Waals surface area (Å²) in [5.74, 6) is 0. The average Bonchev–Trinajstić information content (AvgIpc) is 1.84. The van der Waals surface area contributed by atoms with Gasteiger partial charge in [0.25, 0.3) is 0 Å². The Balaban J connectivity index is 4.48. The van der Waals surface area contributed by atoms with Crippen molar-refractivity contribution >= 4 is 0 Å². The molecule has 0 aromatic carbocycles. The van der Waals surface area contributed by atoms with Crippen molar-refractivity contribution in [1.29, 1.82) is 0 Å². The van der Waals surface area contributed by atoms with Gasteiger partial charge in [-0.2, -0.15) is 0 Å². The molecule has 0 radical (unpaired) electrons. The maximum absolute atomic E-state index is 3.99. The van der Waals surface area contributed by atoms with Crippen LogP contribution in [0.5, 0.6) is 0 Å². The lowest BCUT2D eigenvalue weighted by molar-refractivity contribution is 0.105. The molecule has 0 N–H and O–H groups in total. The van der Waals surface area contributed by atoms with E-state index in [9.17, 15) is 0 Å². The van der Waals surface area contributed by atoms with Crippen molar-refractivity contribution in [3.05, 3.63) is 12.2 Å². The number of hydrogen-bond donors (Lipinski definition) is 0. The minimum absolute atomic E-state index is 0.369. The van der Waals surface area contributed by atoms with Crippen LogP contribution < -0.4 is 0 Å². The van der Waals surface area contributed by atoms with Crippen LogP contribution in [0.15, 0.2) is 12.2 Å². The molecule has 0 fully saturated rings. The standard InChI is InChI=1S/C12H24/c1-8-11(4,5)12(6,7)9-10(2)3/h2,8-9H2,1,3-7H3. The molecule has 0 aromatic heterocycles. The molecule has 0 heteroatoms. The second-order valence-corrected chi connectivity index (χ2v) is 5.26. The molecule has 0 amide bonds. The van der Waals surface area contributed by atoms with E-state index in [-0.39, 0.29) is 0 Å². The number of rotatable bonds is 4. The van der Waals surface area contributed by atoms with Crippen LogP contribution in [-0.4, -0.2) is 0 Å². The van der Waals surface area contributed by atoms with Gasteiger partial charge in [-0.05, 0) is 24.2 Å².